The van der Waals surface area contributed by atoms with Crippen LogP contribution in [-0.4, -0.2) is 29.9 Å². The second-order valence-corrected chi connectivity index (χ2v) is 6.41. The lowest BCUT2D eigenvalue weighted by Gasteiger charge is -2.14. The second kappa shape index (κ2) is 5.48. The summed E-state index contributed by atoms with van der Waals surface area (Å²) in [5.74, 6) is 0.715. The number of nitrogen functional groups attached to an aromatic ring is 1. The molecular formula is C20H19N3O2. The van der Waals surface area contributed by atoms with Crippen molar-refractivity contribution in [3.05, 3.63) is 53.2 Å². The molecule has 0 spiro atoms. The van der Waals surface area contributed by atoms with E-state index < -0.39 is 0 Å². The smallest absolute Gasteiger partial charge is 0.258 e. The highest BCUT2D eigenvalue weighted by Gasteiger charge is 2.30. The summed E-state index contributed by atoms with van der Waals surface area (Å²) in [6.07, 6.45) is 0. The van der Waals surface area contributed by atoms with Crippen molar-refractivity contribution in [2.45, 2.75) is 13.5 Å². The molecule has 0 radical (unpaired) electrons. The van der Waals surface area contributed by atoms with Crippen LogP contribution < -0.4 is 10.5 Å². The number of pyridine rings is 1. The molecule has 0 unspecified atom stereocenters. The van der Waals surface area contributed by atoms with Crippen molar-refractivity contribution < 1.29 is 9.53 Å². The van der Waals surface area contributed by atoms with Gasteiger partial charge in [-0.1, -0.05) is 29.8 Å². The molecule has 0 atom stereocenters. The maximum Gasteiger partial charge on any atom is 0.258 e. The average Bonchev–Trinajstić information content (AvgIpc) is 2.89. The summed E-state index contributed by atoms with van der Waals surface area (Å²) in [7, 11) is 3.42. The Morgan fingerprint density at radius 3 is 2.76 bits per heavy atom. The third-order valence-corrected chi connectivity index (χ3v) is 4.72. The third-order valence-electron chi connectivity index (χ3n) is 4.72. The minimum Gasteiger partial charge on any atom is -0.496 e. The van der Waals surface area contributed by atoms with Gasteiger partial charge in [0.1, 0.15) is 5.75 Å². The first-order valence-corrected chi connectivity index (χ1v) is 8.13. The Morgan fingerprint density at radius 1 is 1.20 bits per heavy atom. The summed E-state index contributed by atoms with van der Waals surface area (Å²) in [6.45, 7) is 2.52. The predicted molar refractivity (Wildman–Crippen MR) is 98.7 cm³/mol. The molecule has 1 amide bonds. The number of aromatic nitrogens is 1. The Hall–Kier alpha value is -3.08. The molecule has 0 aliphatic carbocycles. The molecule has 0 saturated heterocycles. The molecular weight excluding hydrogens is 314 g/mol. The van der Waals surface area contributed by atoms with Gasteiger partial charge in [-0.2, -0.15) is 0 Å². The fraction of sp³-hybridized carbons (Fsp3) is 0.200. The Balaban J connectivity index is 2.06. The van der Waals surface area contributed by atoms with Crippen LogP contribution in [0.2, 0.25) is 0 Å². The van der Waals surface area contributed by atoms with E-state index in [4.69, 9.17) is 15.5 Å². The molecule has 0 saturated carbocycles. The van der Waals surface area contributed by atoms with Gasteiger partial charge < -0.3 is 15.4 Å². The molecule has 0 fully saturated rings. The number of benzene rings is 2. The standard InChI is InChI=1S/C20H19N3O2/c1-11-7-8-16(25-3)14(9-11)12-5-4-6-13-18(21)17-15(22-19(12)13)10-23(2)20(17)24/h4-9H,10H2,1-3H3,(H2,21,22). The SMILES string of the molecule is COc1ccc(C)cc1-c1cccc2c(N)c3c(nc12)CN(C)C3=O. The summed E-state index contributed by atoms with van der Waals surface area (Å²) >= 11 is 0. The summed E-state index contributed by atoms with van der Waals surface area (Å²) < 4.78 is 5.54. The summed E-state index contributed by atoms with van der Waals surface area (Å²) in [5, 5.41) is 0.795. The van der Waals surface area contributed by atoms with Gasteiger partial charge in [0.2, 0.25) is 0 Å². The van der Waals surface area contributed by atoms with Gasteiger partial charge in [-0.05, 0) is 19.1 Å². The van der Waals surface area contributed by atoms with Gasteiger partial charge in [0.05, 0.1) is 36.1 Å². The lowest BCUT2D eigenvalue weighted by molar-refractivity contribution is 0.0817. The molecule has 25 heavy (non-hydrogen) atoms. The van der Waals surface area contributed by atoms with Crippen molar-refractivity contribution in [1.29, 1.82) is 0 Å². The van der Waals surface area contributed by atoms with E-state index >= 15 is 0 Å². The van der Waals surface area contributed by atoms with Gasteiger partial charge in [-0.25, -0.2) is 4.98 Å². The molecule has 5 nitrogen and oxygen atoms in total. The van der Waals surface area contributed by atoms with Crippen LogP contribution in [0.25, 0.3) is 22.0 Å². The van der Waals surface area contributed by atoms with Gasteiger partial charge in [-0.15, -0.1) is 0 Å². The summed E-state index contributed by atoms with van der Waals surface area (Å²) in [4.78, 5) is 18.8. The maximum atomic E-state index is 12.3. The fourth-order valence-corrected chi connectivity index (χ4v) is 3.45. The van der Waals surface area contributed by atoms with E-state index in [0.29, 0.717) is 17.8 Å². The quantitative estimate of drug-likeness (QED) is 0.780. The van der Waals surface area contributed by atoms with Crippen molar-refractivity contribution >= 4 is 22.5 Å². The largest absolute Gasteiger partial charge is 0.496 e. The molecule has 5 heteroatoms. The number of nitrogens with zero attached hydrogens (tertiary/aromatic N) is 2. The number of hydrogen-bond acceptors (Lipinski definition) is 4. The number of rotatable bonds is 2. The molecule has 2 aromatic carbocycles. The monoisotopic (exact) mass is 333 g/mol. The molecule has 1 aliphatic heterocycles. The number of amides is 1. The van der Waals surface area contributed by atoms with Crippen molar-refractivity contribution in [2.75, 3.05) is 19.9 Å². The number of nitrogens with two attached hydrogens (primary N) is 1. The van der Waals surface area contributed by atoms with Crippen molar-refractivity contribution in [3.8, 4) is 16.9 Å². The van der Waals surface area contributed by atoms with Crippen LogP contribution in [0.15, 0.2) is 36.4 Å². The van der Waals surface area contributed by atoms with Gasteiger partial charge in [-0.3, -0.25) is 4.79 Å². The lowest BCUT2D eigenvalue weighted by Crippen LogP contribution is -2.18. The Labute approximate surface area is 146 Å². The van der Waals surface area contributed by atoms with Crippen molar-refractivity contribution in [3.63, 3.8) is 0 Å². The predicted octanol–water partition coefficient (Wildman–Crippen LogP) is 3.39. The molecule has 0 bridgehead atoms. The van der Waals surface area contributed by atoms with E-state index in [0.717, 1.165) is 39.0 Å². The minimum atomic E-state index is -0.0690. The Bertz CT molecular complexity index is 1030. The van der Waals surface area contributed by atoms with Crippen molar-refractivity contribution in [1.82, 2.24) is 9.88 Å². The molecule has 4 rings (SSSR count). The average molecular weight is 333 g/mol. The van der Waals surface area contributed by atoms with E-state index in [-0.39, 0.29) is 5.91 Å². The number of carbonyl (C=O) groups excluding carboxylic acids is 1. The normalized spacial score (nSPS) is 13.4. The third kappa shape index (κ3) is 2.23. The first-order valence-electron chi connectivity index (χ1n) is 8.13. The van der Waals surface area contributed by atoms with Crippen LogP contribution in [0.1, 0.15) is 21.6 Å². The van der Waals surface area contributed by atoms with Crippen LogP contribution >= 0.6 is 0 Å². The van der Waals surface area contributed by atoms with Crippen molar-refractivity contribution in [2.24, 2.45) is 0 Å². The zero-order chi connectivity index (χ0) is 17.7. The highest BCUT2D eigenvalue weighted by atomic mass is 16.5. The Kier molecular flexibility index (Phi) is 3.39. The van der Waals surface area contributed by atoms with Gasteiger partial charge >= 0.3 is 0 Å². The first kappa shape index (κ1) is 15.4. The van der Waals surface area contributed by atoms with Crippen LogP contribution in [-0.2, 0) is 6.54 Å². The zero-order valence-corrected chi connectivity index (χ0v) is 14.5. The van der Waals surface area contributed by atoms with E-state index in [1.807, 2.05) is 37.3 Å². The molecule has 2 heterocycles. The molecule has 2 N–H and O–H groups in total. The molecule has 3 aromatic rings. The van der Waals surface area contributed by atoms with E-state index in [9.17, 15) is 4.79 Å². The zero-order valence-electron chi connectivity index (χ0n) is 14.5. The number of carbonyl (C=O) groups is 1. The lowest BCUT2D eigenvalue weighted by atomic mass is 9.97. The molecule has 1 aliphatic rings. The van der Waals surface area contributed by atoms with Crippen LogP contribution in [0, 0.1) is 6.92 Å². The first-order chi connectivity index (χ1) is 12.0. The fourth-order valence-electron chi connectivity index (χ4n) is 3.45. The highest BCUT2D eigenvalue weighted by molar-refractivity contribution is 6.11. The van der Waals surface area contributed by atoms with E-state index in [1.165, 1.54) is 0 Å². The van der Waals surface area contributed by atoms with Crippen LogP contribution in [0.4, 0.5) is 5.69 Å². The van der Waals surface area contributed by atoms with Crippen LogP contribution in [0.5, 0.6) is 5.75 Å². The van der Waals surface area contributed by atoms with E-state index in [1.54, 1.807) is 19.1 Å². The van der Waals surface area contributed by atoms with Crippen LogP contribution in [0.3, 0.4) is 0 Å². The van der Waals surface area contributed by atoms with Gasteiger partial charge in [0.25, 0.3) is 5.91 Å². The topological polar surface area (TPSA) is 68.5 Å². The summed E-state index contributed by atoms with van der Waals surface area (Å²) in [6, 6.07) is 11.9. The number of aryl methyl sites for hydroxylation is 1. The molecule has 126 valence electrons. The number of anilines is 1. The van der Waals surface area contributed by atoms with Gasteiger partial charge in [0.15, 0.2) is 0 Å². The number of ether oxygens (including phenoxy) is 1. The maximum absolute atomic E-state index is 12.3. The second-order valence-electron chi connectivity index (χ2n) is 6.41. The number of fused-ring (bicyclic) bond motifs is 2. The highest BCUT2D eigenvalue weighted by Crippen LogP contribution is 2.39. The number of methoxy groups -OCH3 is 1. The van der Waals surface area contributed by atoms with Gasteiger partial charge in [0, 0.05) is 23.6 Å². The number of para-hydroxylation sites is 1. The minimum absolute atomic E-state index is 0.0690. The Morgan fingerprint density at radius 2 is 2.00 bits per heavy atom. The molecule has 1 aromatic heterocycles. The number of hydrogen-bond donors (Lipinski definition) is 1. The van der Waals surface area contributed by atoms with E-state index in [2.05, 4.69) is 6.07 Å². The summed E-state index contributed by atoms with van der Waals surface area (Å²) in [5.41, 5.74) is 12.0.